The first-order chi connectivity index (χ1) is 68.3. The number of carboxylic acid groups (broad SMARTS) is 1. The first-order valence-corrected chi connectivity index (χ1v) is 46.6. The predicted molar refractivity (Wildman–Crippen MR) is 533 cm³/mol. The van der Waals surface area contributed by atoms with Gasteiger partial charge in [0.25, 0.3) is 0 Å². The molecule has 1 aromatic carbocycles. The van der Waals surface area contributed by atoms with Gasteiger partial charge in [0.15, 0.2) is 55.7 Å². The molecular weight excluding hydrogens is 2090 g/mol. The topological polar surface area (TPSA) is 601 Å². The number of carboxylic acids is 1. The quantitative estimate of drug-likeness (QED) is 0.00698. The van der Waals surface area contributed by atoms with Crippen LogP contribution >= 0.6 is 63.5 Å². The average Bonchev–Trinajstić information content (AvgIpc) is 1.84. The van der Waals surface area contributed by atoms with E-state index in [1.54, 1.807) is 147 Å². The van der Waals surface area contributed by atoms with Crippen molar-refractivity contribution in [1.82, 2.24) is 54.5 Å². The number of aliphatic hydroxyl groups is 1. The maximum absolute atomic E-state index is 11.9. The number of sulfonamides is 1. The Bertz CT molecular complexity index is 5960. The summed E-state index contributed by atoms with van der Waals surface area (Å²) in [5.41, 5.74) is 2.66. The van der Waals surface area contributed by atoms with E-state index in [4.69, 9.17) is 73.4 Å². The van der Waals surface area contributed by atoms with Crippen LogP contribution < -0.4 is 34.3 Å². The molecule has 0 bridgehead atoms. The monoisotopic (exact) mass is 2200 g/mol. The summed E-state index contributed by atoms with van der Waals surface area (Å²) in [6.45, 7) is 21.3. The van der Waals surface area contributed by atoms with Gasteiger partial charge in [0.05, 0.1) is 94.2 Å². The van der Waals surface area contributed by atoms with E-state index < -0.39 is 86.1 Å². The number of benzene rings is 1. The van der Waals surface area contributed by atoms with Crippen molar-refractivity contribution in [2.24, 2.45) is 4.30 Å². The number of ether oxygens (including phenoxy) is 13. The van der Waals surface area contributed by atoms with Gasteiger partial charge in [-0.25, -0.2) is 96.0 Å². The number of esters is 11. The number of carbonyl (C=O) groups excluding carboxylic acids is 12. The van der Waals surface area contributed by atoms with Crippen LogP contribution in [0.5, 0.6) is 11.5 Å². The van der Waals surface area contributed by atoms with E-state index in [0.29, 0.717) is 44.1 Å². The fourth-order valence-corrected chi connectivity index (χ4v) is 12.0. The number of pyridine rings is 9. The maximum Gasteiger partial charge on any atom is 1.00 e. The minimum absolute atomic E-state index is 0. The van der Waals surface area contributed by atoms with Crippen molar-refractivity contribution >= 4 is 189 Å². The number of halogens is 4. The van der Waals surface area contributed by atoms with E-state index in [9.17, 15) is 81.0 Å². The van der Waals surface area contributed by atoms with E-state index in [0.717, 1.165) is 32.0 Å². The Morgan fingerprint density at radius 1 is 0.548 bits per heavy atom. The molecule has 10 aromatic rings. The van der Waals surface area contributed by atoms with Crippen molar-refractivity contribution in [1.29, 1.82) is 0 Å². The molecule has 44 nitrogen and oxygen atoms in total. The molecule has 3 aliphatic heterocycles. The number of fused-ring (bicyclic) bond motifs is 3. The number of carbonyl (C=O) groups is 13. The number of hydrogen-bond acceptors (Lipinski definition) is 43. The number of aliphatic hydroxyl groups excluding tert-OH is 1. The van der Waals surface area contributed by atoms with E-state index in [2.05, 4.69) is 123 Å². The summed E-state index contributed by atoms with van der Waals surface area (Å²) in [5.74, 6) is -8.80. The summed E-state index contributed by atoms with van der Waals surface area (Å²) in [5, 5.41) is 38.6. The Morgan fingerprint density at radius 3 is 1.41 bits per heavy atom. The summed E-state index contributed by atoms with van der Waals surface area (Å²) < 4.78 is 88.8. The normalized spacial score (nSPS) is 11.3. The Kier molecular flexibility index (Phi) is 67.1. The third-order valence-electron chi connectivity index (χ3n) is 16.8. The Labute approximate surface area is 896 Å². The van der Waals surface area contributed by atoms with Crippen LogP contribution in [0.25, 0.3) is 21.8 Å². The second-order valence-electron chi connectivity index (χ2n) is 29.1. The zero-order valence-electron chi connectivity index (χ0n) is 83.3. The predicted octanol–water partition coefficient (Wildman–Crippen LogP) is 10.0. The zero-order chi connectivity index (χ0) is 108. The van der Waals surface area contributed by atoms with Crippen molar-refractivity contribution in [2.75, 3.05) is 81.6 Å². The number of aromatic carboxylic acids is 1. The van der Waals surface area contributed by atoms with Gasteiger partial charge in [-0.15, -0.1) is 0 Å². The minimum Gasteiger partial charge on any atom is -1.00 e. The summed E-state index contributed by atoms with van der Waals surface area (Å²) in [6.07, 6.45) is 14.6. The van der Waals surface area contributed by atoms with Gasteiger partial charge in [-0.2, -0.15) is 4.72 Å². The molecule has 9 aromatic heterocycles. The van der Waals surface area contributed by atoms with Crippen molar-refractivity contribution in [3.63, 3.8) is 0 Å². The molecule has 5 N–H and O–H groups in total. The molecule has 4 radical (unpaired) electrons. The van der Waals surface area contributed by atoms with Crippen LogP contribution in [0.1, 0.15) is 211 Å². The summed E-state index contributed by atoms with van der Waals surface area (Å²) in [7, 11) is 7.46. The number of thiol groups is 1. The Hall–Kier alpha value is -12.6. The first kappa shape index (κ1) is 133. The largest absolute Gasteiger partial charge is 1.00 e. The molecular formula is C93H109B2BrCl3N12NaO32S2. The van der Waals surface area contributed by atoms with Crippen LogP contribution in [0.4, 0.5) is 4.79 Å². The Balaban J connectivity index is 0. The Morgan fingerprint density at radius 2 is 0.959 bits per heavy atom. The number of aryl methyl sites for hydroxylation is 1. The van der Waals surface area contributed by atoms with Crippen molar-refractivity contribution in [3.8, 4) is 11.5 Å². The SMILES string of the molecule is C1CCOC1.C1CCOC1.CC(C)OC(=O)c1ncccc1C(=O)O.CC(C)OC(=O)c1ncccc1CO.CCOC(=O)OC(=O)c1cccnc1C(=O)OC(C)C.COC(=O)CN(C)Cc1cccnc1C(=O)OC(C)C.COC(=O)CNS(=O)(=O)c1ccc(C)cc1.COC(=O)c1nc(Br)c2cccnc2c1O.COC(=O)c1ncc2cccnc2c1O.ClC(Cl)Cl.O=C1OC(=O)c2ncccc21.[B].[B]=NS.[H-].[Na+]. The van der Waals surface area contributed by atoms with Gasteiger partial charge in [-0.3, -0.25) is 24.5 Å². The van der Waals surface area contributed by atoms with E-state index in [1.807, 2.05) is 6.92 Å². The molecule has 0 unspecified atom stereocenters. The van der Waals surface area contributed by atoms with Gasteiger partial charge in [0, 0.05) is 107 Å². The molecule has 2 saturated heterocycles. The molecule has 53 heteroatoms. The van der Waals surface area contributed by atoms with Crippen LogP contribution in [0.15, 0.2) is 173 Å². The second-order valence-corrected chi connectivity index (χ2v) is 33.8. The number of hydrogen-bond donors (Lipinski definition) is 6. The molecule has 0 amide bonds. The van der Waals surface area contributed by atoms with Crippen LogP contribution in [-0.2, 0) is 94.3 Å². The van der Waals surface area contributed by atoms with Crippen molar-refractivity contribution in [2.45, 2.75) is 142 Å². The van der Waals surface area contributed by atoms with E-state index >= 15 is 0 Å². The van der Waals surface area contributed by atoms with Crippen LogP contribution in [-0.4, -0.2) is 283 Å². The molecule has 0 atom stereocenters. The number of aromatic hydroxyl groups is 2. The van der Waals surface area contributed by atoms with Gasteiger partial charge >= 0.3 is 132 Å². The standard InChI is InChI=1S/C14H20N2O4.C13H15NO6.C10H7BrN2O3.C10H8N2O3.C10H13NO4S.C10H11NO4.C10H13NO3.C7H3NO3.2C4H8O.CHCl3.BHNS.B.Na.H/c1-10(2)20-14(18)13-11(6-5-7-15-13)8-16(3)9-12(17)19-4;1-4-18-13(17)20-11(15)9-6-5-7-14-10(9)12(16)19-8(2)3;1-16-10(15)7-8(14)6-5(9(11)13-7)3-2-4-12-6;1-15-10(14)8-9(13)7-6(5-12-8)3-2-4-11-7;1-8-3-5-9(6-4-8)16(13,14)11-7-10(12)15-2;1-6(2)15-10(14)8-7(9(12)13)4-3-5-11-8;1-7(2)14-10(13)9-8(6-12)4-3-5-11-9;9-6-4-2-1-3-8-5(4)7(10)11-6;2*1-2-4-5-3-1;2-1(3)4;1-2-3;;;/h5-7,10H,8-9H2,1-4H3;5-8H,4H2,1-3H3;2-4,14H,1H3;2-5,13H,1H3;3-6,11H,7H2,1-2H3;3-6H,1-2H3,(H,12,13);3-5,7,12H,6H2,1-2H3;1-3H;2*1-4H2;1H;3H;;;/q;;;;;;;;;;;;;+1;-1. The smallest absolute Gasteiger partial charge is 1.00 e. The number of aromatic nitrogens is 9. The number of nitrogens with one attached hydrogen (secondary N) is 1. The summed E-state index contributed by atoms with van der Waals surface area (Å²) >= 11 is 20.8. The molecule has 0 aliphatic carbocycles. The van der Waals surface area contributed by atoms with Gasteiger partial charge < -0.3 is 83.4 Å². The number of alkyl halides is 3. The van der Waals surface area contributed by atoms with Gasteiger partial charge in [0.1, 0.15) is 22.2 Å². The van der Waals surface area contributed by atoms with Crippen molar-refractivity contribution < 1.29 is 184 Å². The van der Waals surface area contributed by atoms with Gasteiger partial charge in [-0.05, 0) is 208 Å². The van der Waals surface area contributed by atoms with Crippen molar-refractivity contribution in [3.05, 3.63) is 237 Å². The number of likely N-dealkylation sites (N-methyl/N-ethyl adjacent to an activating group) is 1. The maximum atomic E-state index is 11.9. The van der Waals surface area contributed by atoms with Crippen LogP contribution in [0, 0.1) is 6.92 Å². The van der Waals surface area contributed by atoms with Gasteiger partial charge in [0.2, 0.25) is 10.0 Å². The molecule has 146 heavy (non-hydrogen) atoms. The third kappa shape index (κ3) is 50.5. The summed E-state index contributed by atoms with van der Waals surface area (Å²) in [6, 6.07) is 28.7. The van der Waals surface area contributed by atoms with Crippen LogP contribution in [0.2, 0.25) is 0 Å². The zero-order valence-corrected chi connectivity index (χ0v) is 89.8. The second kappa shape index (κ2) is 73.4. The fraction of sp³-hybridized carbons (Fsp3) is 0.355. The number of rotatable bonds is 22. The summed E-state index contributed by atoms with van der Waals surface area (Å²) in [4.78, 5) is 183. The van der Waals surface area contributed by atoms with Gasteiger partial charge in [-0.1, -0.05) is 64.6 Å². The first-order valence-electron chi connectivity index (χ1n) is 42.6. The molecule has 13 rings (SSSR count). The van der Waals surface area contributed by atoms with E-state index in [-0.39, 0.29) is 169 Å². The molecule has 2 fully saturated rings. The minimum atomic E-state index is -3.63. The fourth-order valence-electron chi connectivity index (χ4n) is 10.5. The molecule has 0 saturated carbocycles. The van der Waals surface area contributed by atoms with Crippen LogP contribution in [0.3, 0.4) is 0 Å². The number of methoxy groups -OCH3 is 4. The van der Waals surface area contributed by atoms with E-state index in [1.165, 1.54) is 140 Å². The number of nitrogens with zero attached hydrogens (tertiary/aromatic N) is 11. The molecule has 0 spiro atoms. The average molecular weight is 2200 g/mol. The third-order valence-corrected chi connectivity index (χ3v) is 18.8. The number of cyclic esters (lactones) is 2. The molecule has 3 aliphatic rings. The molecule has 12 heterocycles. The molecule has 780 valence electrons.